The minimum atomic E-state index is -0.837. The van der Waals surface area contributed by atoms with Crippen molar-refractivity contribution in [3.05, 3.63) is 17.8 Å². The topological polar surface area (TPSA) is 75.5 Å². The molecule has 0 aromatic carbocycles. The molecule has 0 radical (unpaired) electrons. The van der Waals surface area contributed by atoms with E-state index in [4.69, 9.17) is 9.84 Å². The van der Waals surface area contributed by atoms with E-state index in [2.05, 4.69) is 14.9 Å². The molecule has 7 heteroatoms. The van der Waals surface area contributed by atoms with Crippen molar-refractivity contribution in [1.29, 1.82) is 0 Å². The molecular formula is C12H13N3O3S. The van der Waals surface area contributed by atoms with Crippen molar-refractivity contribution in [2.24, 2.45) is 0 Å². The Kier molecular flexibility index (Phi) is 3.31. The van der Waals surface area contributed by atoms with Crippen LogP contribution < -0.4 is 4.90 Å². The van der Waals surface area contributed by atoms with Crippen LogP contribution in [0.15, 0.2) is 17.8 Å². The van der Waals surface area contributed by atoms with E-state index in [1.807, 2.05) is 11.4 Å². The normalized spacial score (nSPS) is 19.8. The van der Waals surface area contributed by atoms with Crippen LogP contribution >= 0.6 is 11.3 Å². The van der Waals surface area contributed by atoms with E-state index in [0.717, 1.165) is 22.6 Å². The summed E-state index contributed by atoms with van der Waals surface area (Å²) in [5.41, 5.74) is 0.927. The maximum atomic E-state index is 10.8. The van der Waals surface area contributed by atoms with Gasteiger partial charge < -0.3 is 14.7 Å². The number of morpholine rings is 1. The fourth-order valence-electron chi connectivity index (χ4n) is 2.23. The number of ether oxygens (including phenoxy) is 1. The Labute approximate surface area is 113 Å². The molecular weight excluding hydrogens is 266 g/mol. The third-order valence-corrected chi connectivity index (χ3v) is 3.96. The maximum absolute atomic E-state index is 10.8. The van der Waals surface area contributed by atoms with E-state index >= 15 is 0 Å². The average Bonchev–Trinajstić information content (AvgIpc) is 2.86. The molecule has 6 nitrogen and oxygen atoms in total. The lowest BCUT2D eigenvalue weighted by Gasteiger charge is -2.33. The molecule has 1 aliphatic rings. The summed E-state index contributed by atoms with van der Waals surface area (Å²) in [6, 6.07) is 1.96. The van der Waals surface area contributed by atoms with Gasteiger partial charge in [0.2, 0.25) is 0 Å². The molecule has 0 bridgehead atoms. The van der Waals surface area contributed by atoms with Crippen molar-refractivity contribution < 1.29 is 14.6 Å². The average molecular weight is 279 g/mol. The van der Waals surface area contributed by atoms with Gasteiger partial charge in [0.1, 0.15) is 12.1 Å². The number of aromatic nitrogens is 2. The number of aliphatic carboxylic acids is 1. The highest BCUT2D eigenvalue weighted by molar-refractivity contribution is 7.17. The van der Waals surface area contributed by atoms with E-state index < -0.39 is 5.97 Å². The Hall–Kier alpha value is -1.73. The van der Waals surface area contributed by atoms with Crippen molar-refractivity contribution in [3.63, 3.8) is 0 Å². The van der Waals surface area contributed by atoms with Crippen LogP contribution in [0.4, 0.5) is 5.82 Å². The molecule has 1 saturated heterocycles. The fraction of sp³-hybridized carbons (Fsp3) is 0.417. The SMILES string of the molecule is O=C(O)CC1CN(c2ncnc3ccsc23)CCO1. The maximum Gasteiger partial charge on any atom is 0.306 e. The summed E-state index contributed by atoms with van der Waals surface area (Å²) in [7, 11) is 0. The van der Waals surface area contributed by atoms with Crippen LogP contribution in [-0.2, 0) is 9.53 Å². The van der Waals surface area contributed by atoms with Crippen LogP contribution in [0.2, 0.25) is 0 Å². The van der Waals surface area contributed by atoms with Crippen LogP contribution in [0.1, 0.15) is 6.42 Å². The van der Waals surface area contributed by atoms with Gasteiger partial charge in [-0.25, -0.2) is 9.97 Å². The van der Waals surface area contributed by atoms with E-state index in [1.54, 1.807) is 17.7 Å². The molecule has 1 unspecified atom stereocenters. The third-order valence-electron chi connectivity index (χ3n) is 3.06. The number of hydrogen-bond acceptors (Lipinski definition) is 6. The summed E-state index contributed by atoms with van der Waals surface area (Å²) in [4.78, 5) is 21.4. The quantitative estimate of drug-likeness (QED) is 0.914. The number of rotatable bonds is 3. The molecule has 19 heavy (non-hydrogen) atoms. The van der Waals surface area contributed by atoms with Gasteiger partial charge in [-0.1, -0.05) is 0 Å². The van der Waals surface area contributed by atoms with Crippen molar-refractivity contribution in [1.82, 2.24) is 9.97 Å². The first kappa shape index (κ1) is 12.3. The van der Waals surface area contributed by atoms with Gasteiger partial charge in [0, 0.05) is 13.1 Å². The third kappa shape index (κ3) is 2.52. The van der Waals surface area contributed by atoms with Gasteiger partial charge in [0.15, 0.2) is 0 Å². The standard InChI is InChI=1S/C12H13N3O3S/c16-10(17)5-8-6-15(2-3-18-8)12-11-9(1-4-19-11)13-7-14-12/h1,4,7-8H,2-3,5-6H2,(H,16,17). The number of carbonyl (C=O) groups is 1. The number of hydrogen-bond donors (Lipinski definition) is 1. The number of thiophene rings is 1. The van der Waals surface area contributed by atoms with E-state index in [1.165, 1.54) is 0 Å². The lowest BCUT2D eigenvalue weighted by Crippen LogP contribution is -2.43. The number of carboxylic acid groups (broad SMARTS) is 1. The second-order valence-corrected chi connectivity index (χ2v) is 5.29. The summed E-state index contributed by atoms with van der Waals surface area (Å²) in [5, 5.41) is 10.8. The van der Waals surface area contributed by atoms with Gasteiger partial charge >= 0.3 is 5.97 Å². The first-order valence-corrected chi connectivity index (χ1v) is 6.88. The molecule has 0 saturated carbocycles. The Morgan fingerprint density at radius 3 is 3.32 bits per heavy atom. The first-order valence-electron chi connectivity index (χ1n) is 6.00. The second kappa shape index (κ2) is 5.10. The molecule has 0 aliphatic carbocycles. The number of anilines is 1. The molecule has 3 heterocycles. The van der Waals surface area contributed by atoms with E-state index in [0.29, 0.717) is 13.2 Å². The predicted octanol–water partition coefficient (Wildman–Crippen LogP) is 1.37. The molecule has 1 atom stereocenters. The smallest absolute Gasteiger partial charge is 0.306 e. The monoisotopic (exact) mass is 279 g/mol. The molecule has 1 N–H and O–H groups in total. The molecule has 2 aromatic rings. The van der Waals surface area contributed by atoms with Crippen molar-refractivity contribution in [2.75, 3.05) is 24.6 Å². The highest BCUT2D eigenvalue weighted by Crippen LogP contribution is 2.29. The van der Waals surface area contributed by atoms with E-state index in [-0.39, 0.29) is 12.5 Å². The predicted molar refractivity (Wildman–Crippen MR) is 71.6 cm³/mol. The second-order valence-electron chi connectivity index (χ2n) is 4.37. The van der Waals surface area contributed by atoms with Crippen molar-refractivity contribution in [2.45, 2.75) is 12.5 Å². The lowest BCUT2D eigenvalue weighted by atomic mass is 10.2. The van der Waals surface area contributed by atoms with Crippen LogP contribution in [0, 0.1) is 0 Å². The molecule has 0 amide bonds. The first-order chi connectivity index (χ1) is 9.24. The largest absolute Gasteiger partial charge is 0.481 e. The van der Waals surface area contributed by atoms with E-state index in [9.17, 15) is 4.79 Å². The summed E-state index contributed by atoms with van der Waals surface area (Å²) < 4.78 is 6.51. The van der Waals surface area contributed by atoms with Crippen LogP contribution in [0.25, 0.3) is 10.2 Å². The Morgan fingerprint density at radius 1 is 1.58 bits per heavy atom. The Morgan fingerprint density at radius 2 is 2.47 bits per heavy atom. The molecule has 1 fully saturated rings. The zero-order valence-corrected chi connectivity index (χ0v) is 11.0. The molecule has 2 aromatic heterocycles. The zero-order chi connectivity index (χ0) is 13.2. The summed E-state index contributed by atoms with van der Waals surface area (Å²) >= 11 is 1.60. The highest BCUT2D eigenvalue weighted by atomic mass is 32.1. The Balaban J connectivity index is 1.85. The number of carboxylic acids is 1. The molecule has 100 valence electrons. The summed E-state index contributed by atoms with van der Waals surface area (Å²) in [6.07, 6.45) is 1.29. The van der Waals surface area contributed by atoms with Gasteiger partial charge in [-0.3, -0.25) is 4.79 Å². The number of nitrogens with zero attached hydrogens (tertiary/aromatic N) is 3. The minimum absolute atomic E-state index is 0.0230. The van der Waals surface area contributed by atoms with Gasteiger partial charge in [0.25, 0.3) is 0 Å². The minimum Gasteiger partial charge on any atom is -0.481 e. The van der Waals surface area contributed by atoms with Crippen molar-refractivity contribution in [3.8, 4) is 0 Å². The highest BCUT2D eigenvalue weighted by Gasteiger charge is 2.25. The molecule has 1 aliphatic heterocycles. The lowest BCUT2D eigenvalue weighted by molar-refractivity contribution is -0.140. The van der Waals surface area contributed by atoms with Crippen LogP contribution in [-0.4, -0.2) is 46.8 Å². The van der Waals surface area contributed by atoms with Crippen molar-refractivity contribution >= 4 is 33.3 Å². The zero-order valence-electron chi connectivity index (χ0n) is 10.2. The Bertz CT molecular complexity index is 601. The van der Waals surface area contributed by atoms with Gasteiger partial charge in [-0.2, -0.15) is 0 Å². The summed E-state index contributed by atoms with van der Waals surface area (Å²) in [6.45, 7) is 1.80. The number of fused-ring (bicyclic) bond motifs is 1. The van der Waals surface area contributed by atoms with Gasteiger partial charge in [-0.05, 0) is 11.4 Å². The molecule has 3 rings (SSSR count). The molecule has 0 spiro atoms. The van der Waals surface area contributed by atoms with Crippen LogP contribution in [0.3, 0.4) is 0 Å². The summed E-state index contributed by atoms with van der Waals surface area (Å²) in [5.74, 6) is 0.0366. The van der Waals surface area contributed by atoms with Crippen LogP contribution in [0.5, 0.6) is 0 Å². The van der Waals surface area contributed by atoms with Gasteiger partial charge in [0.05, 0.1) is 29.3 Å². The van der Waals surface area contributed by atoms with Gasteiger partial charge in [-0.15, -0.1) is 11.3 Å². The fourth-order valence-corrected chi connectivity index (χ4v) is 3.09.